The molecule has 0 saturated carbocycles. The van der Waals surface area contributed by atoms with Gasteiger partial charge < -0.3 is 9.64 Å². The monoisotopic (exact) mass is 241 g/mol. The fourth-order valence-corrected chi connectivity index (χ4v) is 1.30. The van der Waals surface area contributed by atoms with Crippen molar-refractivity contribution in [3.05, 3.63) is 5.82 Å². The standard InChI is InChI=1S/C7H11N5O2.C3H8/c1-6-8-9-10-12(6)3-2-11-4-5-14-7(11)13;1-3-2/h2-5H2,1H3;3H2,1-2H3. The van der Waals surface area contributed by atoms with Gasteiger partial charge in [-0.1, -0.05) is 20.3 Å². The van der Waals surface area contributed by atoms with Crippen LogP contribution in [0.4, 0.5) is 4.79 Å². The number of carbonyl (C=O) groups excluding carboxylic acids is 1. The zero-order chi connectivity index (χ0) is 12.7. The molecule has 0 radical (unpaired) electrons. The van der Waals surface area contributed by atoms with Gasteiger partial charge in [-0.15, -0.1) is 5.10 Å². The van der Waals surface area contributed by atoms with Crippen molar-refractivity contribution in [2.24, 2.45) is 0 Å². The molecule has 1 fully saturated rings. The lowest BCUT2D eigenvalue weighted by Gasteiger charge is -2.11. The molecule has 0 aliphatic carbocycles. The van der Waals surface area contributed by atoms with E-state index in [1.54, 1.807) is 9.58 Å². The average Bonchev–Trinajstić information content (AvgIpc) is 2.86. The maximum atomic E-state index is 11.1. The molecule has 1 saturated heterocycles. The molecule has 0 atom stereocenters. The van der Waals surface area contributed by atoms with Gasteiger partial charge in [-0.05, 0) is 17.4 Å². The van der Waals surface area contributed by atoms with Crippen molar-refractivity contribution in [1.82, 2.24) is 25.1 Å². The van der Waals surface area contributed by atoms with E-state index in [2.05, 4.69) is 29.4 Å². The number of cyclic esters (lactones) is 1. The van der Waals surface area contributed by atoms with E-state index >= 15 is 0 Å². The molecular weight excluding hydrogens is 222 g/mol. The van der Waals surface area contributed by atoms with E-state index < -0.39 is 0 Å². The van der Waals surface area contributed by atoms with Crippen molar-refractivity contribution >= 4 is 6.09 Å². The minimum atomic E-state index is -0.254. The number of aryl methyl sites for hydroxylation is 1. The van der Waals surface area contributed by atoms with Crippen LogP contribution in [-0.2, 0) is 11.3 Å². The first-order chi connectivity index (χ1) is 8.19. The van der Waals surface area contributed by atoms with Crippen LogP contribution in [0.25, 0.3) is 0 Å². The molecule has 0 spiro atoms. The molecule has 0 bridgehead atoms. The Hall–Kier alpha value is -1.66. The van der Waals surface area contributed by atoms with Gasteiger partial charge in [0.15, 0.2) is 0 Å². The van der Waals surface area contributed by atoms with Crippen molar-refractivity contribution in [2.45, 2.75) is 33.7 Å². The molecule has 7 nitrogen and oxygen atoms in total. The van der Waals surface area contributed by atoms with Crippen LogP contribution in [0.15, 0.2) is 0 Å². The molecule has 2 rings (SSSR count). The van der Waals surface area contributed by atoms with Crippen molar-refractivity contribution in [3.8, 4) is 0 Å². The van der Waals surface area contributed by atoms with Gasteiger partial charge in [-0.2, -0.15) is 0 Å². The number of tetrazole rings is 1. The molecule has 0 N–H and O–H groups in total. The highest BCUT2D eigenvalue weighted by molar-refractivity contribution is 5.69. The summed E-state index contributed by atoms with van der Waals surface area (Å²) >= 11 is 0. The Balaban J connectivity index is 0.000000437. The summed E-state index contributed by atoms with van der Waals surface area (Å²) < 4.78 is 6.45. The Morgan fingerprint density at radius 3 is 2.53 bits per heavy atom. The van der Waals surface area contributed by atoms with Crippen LogP contribution in [0.2, 0.25) is 0 Å². The van der Waals surface area contributed by atoms with Crippen LogP contribution in [0.3, 0.4) is 0 Å². The van der Waals surface area contributed by atoms with E-state index in [0.29, 0.717) is 26.2 Å². The van der Waals surface area contributed by atoms with Gasteiger partial charge in [0.25, 0.3) is 0 Å². The number of nitrogens with zero attached hydrogens (tertiary/aromatic N) is 5. The zero-order valence-corrected chi connectivity index (χ0v) is 10.6. The van der Waals surface area contributed by atoms with Crippen molar-refractivity contribution in [1.29, 1.82) is 0 Å². The largest absolute Gasteiger partial charge is 0.448 e. The van der Waals surface area contributed by atoms with Crippen molar-refractivity contribution in [2.75, 3.05) is 19.7 Å². The third-order valence-electron chi connectivity index (χ3n) is 2.14. The molecule has 1 aromatic rings. The molecular formula is C10H19N5O2. The van der Waals surface area contributed by atoms with Gasteiger partial charge in [0.1, 0.15) is 12.4 Å². The first-order valence-electron chi connectivity index (χ1n) is 5.83. The molecule has 0 unspecified atom stereocenters. The number of hydrogen-bond acceptors (Lipinski definition) is 5. The quantitative estimate of drug-likeness (QED) is 0.784. The molecule has 17 heavy (non-hydrogen) atoms. The van der Waals surface area contributed by atoms with Crippen molar-refractivity contribution < 1.29 is 9.53 Å². The van der Waals surface area contributed by atoms with E-state index in [0.717, 1.165) is 5.82 Å². The van der Waals surface area contributed by atoms with Gasteiger partial charge in [-0.3, -0.25) is 0 Å². The Labute approximate surface area is 101 Å². The van der Waals surface area contributed by atoms with Crippen LogP contribution < -0.4 is 0 Å². The molecule has 7 heteroatoms. The molecule has 96 valence electrons. The number of aromatic nitrogens is 4. The highest BCUT2D eigenvalue weighted by Crippen LogP contribution is 2.02. The second kappa shape index (κ2) is 6.82. The van der Waals surface area contributed by atoms with Crippen LogP contribution >= 0.6 is 0 Å². The summed E-state index contributed by atoms with van der Waals surface area (Å²) in [5.74, 6) is 0.748. The predicted molar refractivity (Wildman–Crippen MR) is 61.4 cm³/mol. The normalized spacial score (nSPS) is 14.3. The van der Waals surface area contributed by atoms with E-state index in [-0.39, 0.29) is 6.09 Å². The smallest absolute Gasteiger partial charge is 0.410 e. The Kier molecular flexibility index (Phi) is 5.38. The fourth-order valence-electron chi connectivity index (χ4n) is 1.30. The zero-order valence-electron chi connectivity index (χ0n) is 10.6. The van der Waals surface area contributed by atoms with Gasteiger partial charge in [-0.25, -0.2) is 9.48 Å². The Morgan fingerprint density at radius 2 is 2.06 bits per heavy atom. The van der Waals surface area contributed by atoms with Gasteiger partial charge in [0.05, 0.1) is 13.1 Å². The van der Waals surface area contributed by atoms with E-state index in [1.807, 2.05) is 6.92 Å². The SMILES string of the molecule is CCC.Cc1nnnn1CCN1CCOC1=O. The first kappa shape index (κ1) is 13.4. The maximum absolute atomic E-state index is 11.1. The molecule has 1 aliphatic heterocycles. The maximum Gasteiger partial charge on any atom is 0.410 e. The van der Waals surface area contributed by atoms with E-state index in [1.165, 1.54) is 6.42 Å². The number of rotatable bonds is 3. The summed E-state index contributed by atoms with van der Waals surface area (Å²) in [4.78, 5) is 12.7. The molecule has 1 aliphatic rings. The predicted octanol–water partition coefficient (Wildman–Crippen LogP) is 0.850. The van der Waals surface area contributed by atoms with Gasteiger partial charge in [0, 0.05) is 6.54 Å². The second-order valence-corrected chi connectivity index (χ2v) is 3.76. The van der Waals surface area contributed by atoms with Crippen LogP contribution in [0.1, 0.15) is 26.1 Å². The number of ether oxygens (including phenoxy) is 1. The highest BCUT2D eigenvalue weighted by atomic mass is 16.6. The third kappa shape index (κ3) is 4.01. The summed E-state index contributed by atoms with van der Waals surface area (Å²) in [6.45, 7) is 8.40. The third-order valence-corrected chi connectivity index (χ3v) is 2.14. The van der Waals surface area contributed by atoms with E-state index in [4.69, 9.17) is 4.74 Å². The Bertz CT molecular complexity index is 352. The molecule has 1 aromatic heterocycles. The fraction of sp³-hybridized carbons (Fsp3) is 0.800. The van der Waals surface area contributed by atoms with Crippen LogP contribution in [0, 0.1) is 6.92 Å². The number of hydrogen-bond donors (Lipinski definition) is 0. The minimum absolute atomic E-state index is 0.254. The second-order valence-electron chi connectivity index (χ2n) is 3.76. The van der Waals surface area contributed by atoms with E-state index in [9.17, 15) is 4.79 Å². The van der Waals surface area contributed by atoms with Crippen LogP contribution in [0.5, 0.6) is 0 Å². The summed E-state index contributed by atoms with van der Waals surface area (Å²) in [6.07, 6.45) is 0.996. The lowest BCUT2D eigenvalue weighted by Crippen LogP contribution is -2.28. The topological polar surface area (TPSA) is 73.1 Å². The minimum Gasteiger partial charge on any atom is -0.448 e. The summed E-state index contributed by atoms with van der Waals surface area (Å²) in [5.41, 5.74) is 0. The molecule has 2 heterocycles. The summed E-state index contributed by atoms with van der Waals surface area (Å²) in [5, 5.41) is 11.0. The summed E-state index contributed by atoms with van der Waals surface area (Å²) in [7, 11) is 0. The lowest BCUT2D eigenvalue weighted by atomic mass is 10.5. The van der Waals surface area contributed by atoms with Crippen LogP contribution in [-0.4, -0.2) is 50.9 Å². The van der Waals surface area contributed by atoms with Gasteiger partial charge >= 0.3 is 6.09 Å². The molecule has 1 amide bonds. The average molecular weight is 241 g/mol. The number of amides is 1. The summed E-state index contributed by atoms with van der Waals surface area (Å²) in [6, 6.07) is 0. The van der Waals surface area contributed by atoms with Crippen molar-refractivity contribution in [3.63, 3.8) is 0 Å². The highest BCUT2D eigenvalue weighted by Gasteiger charge is 2.21. The molecule has 0 aromatic carbocycles. The Morgan fingerprint density at radius 1 is 1.35 bits per heavy atom. The first-order valence-corrected chi connectivity index (χ1v) is 5.83. The number of carbonyl (C=O) groups is 1. The van der Waals surface area contributed by atoms with Gasteiger partial charge in [0.2, 0.25) is 0 Å². The lowest BCUT2D eigenvalue weighted by molar-refractivity contribution is 0.157.